The molecule has 1 aromatic rings. The molecular weight excluding hydrogens is 314 g/mol. The van der Waals surface area contributed by atoms with Gasteiger partial charge in [0.15, 0.2) is 0 Å². The van der Waals surface area contributed by atoms with E-state index in [1.807, 2.05) is 6.92 Å². The van der Waals surface area contributed by atoms with E-state index in [9.17, 15) is 14.4 Å². The van der Waals surface area contributed by atoms with Crippen LogP contribution < -0.4 is 5.32 Å². The van der Waals surface area contributed by atoms with E-state index in [-0.39, 0.29) is 34.0 Å². The highest BCUT2D eigenvalue weighted by molar-refractivity contribution is 8.00. The number of thioether (sulfide) groups is 1. The summed E-state index contributed by atoms with van der Waals surface area (Å²) in [6.07, 6.45) is 0.215. The smallest absolute Gasteiger partial charge is 0.306 e. The number of imide groups is 1. The minimum atomic E-state index is -0.535. The molecule has 1 aromatic carbocycles. The lowest BCUT2D eigenvalue weighted by molar-refractivity contribution is -0.140. The topological polar surface area (TPSA) is 72.5 Å². The number of benzene rings is 1. The third-order valence-corrected chi connectivity index (χ3v) is 4.05. The first-order valence-electron chi connectivity index (χ1n) is 6.21. The summed E-state index contributed by atoms with van der Waals surface area (Å²) in [7, 11) is 1.31. The first-order chi connectivity index (χ1) is 9.93. The van der Waals surface area contributed by atoms with E-state index in [4.69, 9.17) is 11.6 Å². The fourth-order valence-electron chi connectivity index (χ4n) is 1.47. The first-order valence-corrected chi connectivity index (χ1v) is 7.63. The average molecular weight is 330 g/mol. The Bertz CT molecular complexity index is 535. The van der Waals surface area contributed by atoms with Crippen LogP contribution in [-0.4, -0.2) is 35.9 Å². The molecule has 0 aliphatic rings. The number of carbonyl (C=O) groups is 3. The summed E-state index contributed by atoms with van der Waals surface area (Å²) in [5, 5.41) is 2.48. The summed E-state index contributed by atoms with van der Waals surface area (Å²) in [5.41, 5.74) is 0.250. The van der Waals surface area contributed by atoms with Crippen molar-refractivity contribution in [3.8, 4) is 0 Å². The summed E-state index contributed by atoms with van der Waals surface area (Å²) in [4.78, 5) is 34.6. The average Bonchev–Trinajstić information content (AvgIpc) is 2.45. The summed E-state index contributed by atoms with van der Waals surface area (Å²) in [6, 6.07) is 6.48. The van der Waals surface area contributed by atoms with Crippen molar-refractivity contribution in [2.24, 2.45) is 0 Å². The molecule has 114 valence electrons. The van der Waals surface area contributed by atoms with Crippen LogP contribution in [0.1, 0.15) is 23.7 Å². The fourth-order valence-corrected chi connectivity index (χ4v) is 2.45. The van der Waals surface area contributed by atoms with Gasteiger partial charge in [-0.15, -0.1) is 11.8 Å². The lowest BCUT2D eigenvalue weighted by atomic mass is 10.2. The number of carbonyl (C=O) groups excluding carboxylic acids is 3. The summed E-state index contributed by atoms with van der Waals surface area (Å²) < 4.78 is 4.54. The third-order valence-electron chi connectivity index (χ3n) is 2.55. The zero-order chi connectivity index (χ0) is 15.8. The van der Waals surface area contributed by atoms with Crippen molar-refractivity contribution in [1.82, 2.24) is 5.32 Å². The van der Waals surface area contributed by atoms with E-state index in [0.717, 1.165) is 0 Å². The Kier molecular flexibility index (Phi) is 7.25. The molecule has 7 heteroatoms. The monoisotopic (exact) mass is 329 g/mol. The molecule has 1 atom stereocenters. The maximum Gasteiger partial charge on any atom is 0.306 e. The molecule has 0 bridgehead atoms. The number of ether oxygens (including phenoxy) is 1. The molecule has 0 aliphatic heterocycles. The quantitative estimate of drug-likeness (QED) is 0.811. The molecule has 1 unspecified atom stereocenters. The standard InChI is InChI=1S/C14H16ClNO4S/c1-9(7-13(18)20-2)21-8-12(17)16-14(19)10-5-3-4-6-11(10)15/h3-6,9H,7-8H2,1-2H3,(H,16,17,19). The highest BCUT2D eigenvalue weighted by Crippen LogP contribution is 2.16. The maximum absolute atomic E-state index is 11.8. The lowest BCUT2D eigenvalue weighted by Gasteiger charge is -2.10. The van der Waals surface area contributed by atoms with Gasteiger partial charge in [0.1, 0.15) is 0 Å². The van der Waals surface area contributed by atoms with E-state index in [1.165, 1.54) is 24.9 Å². The van der Waals surface area contributed by atoms with Crippen LogP contribution >= 0.6 is 23.4 Å². The van der Waals surface area contributed by atoms with Crippen molar-refractivity contribution in [3.63, 3.8) is 0 Å². The second-order valence-electron chi connectivity index (χ2n) is 4.26. The van der Waals surface area contributed by atoms with Gasteiger partial charge in [-0.25, -0.2) is 0 Å². The van der Waals surface area contributed by atoms with Crippen LogP contribution in [0.25, 0.3) is 0 Å². The zero-order valence-electron chi connectivity index (χ0n) is 11.7. The molecule has 0 aliphatic carbocycles. The van der Waals surface area contributed by atoms with Gasteiger partial charge in [-0.05, 0) is 12.1 Å². The number of hydrogen-bond acceptors (Lipinski definition) is 5. The molecule has 0 saturated heterocycles. The second kappa shape index (κ2) is 8.69. The fraction of sp³-hybridized carbons (Fsp3) is 0.357. The highest BCUT2D eigenvalue weighted by Gasteiger charge is 2.15. The van der Waals surface area contributed by atoms with Gasteiger partial charge >= 0.3 is 5.97 Å². The number of hydrogen-bond donors (Lipinski definition) is 1. The minimum Gasteiger partial charge on any atom is -0.469 e. The van der Waals surface area contributed by atoms with Gasteiger partial charge in [0.05, 0.1) is 29.9 Å². The Labute approximate surface area is 132 Å². The van der Waals surface area contributed by atoms with E-state index >= 15 is 0 Å². The van der Waals surface area contributed by atoms with Gasteiger partial charge in [0.25, 0.3) is 5.91 Å². The van der Waals surface area contributed by atoms with Crippen molar-refractivity contribution in [2.75, 3.05) is 12.9 Å². The van der Waals surface area contributed by atoms with Gasteiger partial charge in [0, 0.05) is 5.25 Å². The van der Waals surface area contributed by atoms with Gasteiger partial charge in [-0.2, -0.15) is 0 Å². The minimum absolute atomic E-state index is 0.0707. The molecule has 2 amide bonds. The van der Waals surface area contributed by atoms with E-state index in [1.54, 1.807) is 18.2 Å². The van der Waals surface area contributed by atoms with E-state index in [0.29, 0.717) is 0 Å². The molecule has 0 saturated carbocycles. The van der Waals surface area contributed by atoms with Crippen molar-refractivity contribution in [1.29, 1.82) is 0 Å². The molecule has 0 aromatic heterocycles. The number of nitrogens with one attached hydrogen (secondary N) is 1. The molecule has 0 radical (unpaired) electrons. The summed E-state index contributed by atoms with van der Waals surface area (Å²) in [5.74, 6) is -1.22. The number of halogens is 1. The third kappa shape index (κ3) is 6.18. The van der Waals surface area contributed by atoms with Crippen molar-refractivity contribution >= 4 is 41.1 Å². The molecule has 0 fully saturated rings. The molecule has 0 spiro atoms. The zero-order valence-corrected chi connectivity index (χ0v) is 13.3. The first kappa shape index (κ1) is 17.5. The predicted octanol–water partition coefficient (Wildman–Crippen LogP) is 2.28. The summed E-state index contributed by atoms with van der Waals surface area (Å²) >= 11 is 7.15. The van der Waals surface area contributed by atoms with Crippen LogP contribution in [0.5, 0.6) is 0 Å². The number of amides is 2. The normalized spacial score (nSPS) is 11.6. The van der Waals surface area contributed by atoms with E-state index < -0.39 is 11.8 Å². The van der Waals surface area contributed by atoms with Crippen LogP contribution in [0.15, 0.2) is 24.3 Å². The lowest BCUT2D eigenvalue weighted by Crippen LogP contribution is -2.32. The van der Waals surface area contributed by atoms with Crippen LogP contribution in [0.3, 0.4) is 0 Å². The van der Waals surface area contributed by atoms with Gasteiger partial charge in [-0.1, -0.05) is 30.7 Å². The number of rotatable bonds is 6. The van der Waals surface area contributed by atoms with Crippen LogP contribution in [0.4, 0.5) is 0 Å². The van der Waals surface area contributed by atoms with Crippen molar-refractivity contribution in [3.05, 3.63) is 34.9 Å². The second-order valence-corrected chi connectivity index (χ2v) is 6.09. The Morgan fingerprint density at radius 3 is 2.62 bits per heavy atom. The van der Waals surface area contributed by atoms with Crippen LogP contribution in [0, 0.1) is 0 Å². The number of methoxy groups -OCH3 is 1. The SMILES string of the molecule is COC(=O)CC(C)SCC(=O)NC(=O)c1ccccc1Cl. The molecule has 1 N–H and O–H groups in total. The molecule has 5 nitrogen and oxygen atoms in total. The Balaban J connectivity index is 2.42. The largest absolute Gasteiger partial charge is 0.469 e. The molecule has 1 rings (SSSR count). The predicted molar refractivity (Wildman–Crippen MR) is 82.5 cm³/mol. The van der Waals surface area contributed by atoms with Gasteiger partial charge in [-0.3, -0.25) is 19.7 Å². The van der Waals surface area contributed by atoms with Crippen molar-refractivity contribution in [2.45, 2.75) is 18.6 Å². The van der Waals surface area contributed by atoms with Crippen LogP contribution in [0.2, 0.25) is 5.02 Å². The van der Waals surface area contributed by atoms with Gasteiger partial charge in [0.2, 0.25) is 5.91 Å². The Hall–Kier alpha value is -1.53. The highest BCUT2D eigenvalue weighted by atomic mass is 35.5. The Morgan fingerprint density at radius 1 is 1.33 bits per heavy atom. The van der Waals surface area contributed by atoms with Crippen LogP contribution in [-0.2, 0) is 14.3 Å². The Morgan fingerprint density at radius 2 is 2.00 bits per heavy atom. The van der Waals surface area contributed by atoms with Gasteiger partial charge < -0.3 is 4.74 Å². The molecular formula is C14H16ClNO4S. The number of esters is 1. The van der Waals surface area contributed by atoms with Crippen molar-refractivity contribution < 1.29 is 19.1 Å². The molecule has 0 heterocycles. The summed E-state index contributed by atoms with van der Waals surface area (Å²) in [6.45, 7) is 1.81. The maximum atomic E-state index is 11.8. The van der Waals surface area contributed by atoms with E-state index in [2.05, 4.69) is 10.1 Å². The molecule has 21 heavy (non-hydrogen) atoms.